The van der Waals surface area contributed by atoms with Crippen molar-refractivity contribution in [2.75, 3.05) is 13.1 Å². The van der Waals surface area contributed by atoms with Gasteiger partial charge in [0.15, 0.2) is 0 Å². The summed E-state index contributed by atoms with van der Waals surface area (Å²) in [6.07, 6.45) is -2.13. The minimum Gasteiger partial charge on any atom is -0.472 e. The molecule has 2 aromatic rings. The number of likely N-dealkylation sites (tertiary alicyclic amines) is 1. The number of primary amides is 1. The summed E-state index contributed by atoms with van der Waals surface area (Å²) in [4.78, 5) is 29.1. The minimum atomic E-state index is -4.46. The number of carbonyl (C=O) groups excluding carboxylic acids is 2. The van der Waals surface area contributed by atoms with Crippen LogP contribution in [0.5, 0.6) is 5.88 Å². The fourth-order valence-corrected chi connectivity index (χ4v) is 2.87. The molecular weight excluding hydrogens is 365 g/mol. The summed E-state index contributed by atoms with van der Waals surface area (Å²) in [6, 6.07) is 3.48. The van der Waals surface area contributed by atoms with Gasteiger partial charge in [0.2, 0.25) is 11.8 Å². The predicted octanol–water partition coefficient (Wildman–Crippen LogP) is 1.83. The van der Waals surface area contributed by atoms with Gasteiger partial charge >= 0.3 is 6.18 Å². The topological polar surface area (TPSA) is 90.5 Å². The van der Waals surface area contributed by atoms with E-state index < -0.39 is 17.6 Å². The van der Waals surface area contributed by atoms with Crippen LogP contribution in [0.3, 0.4) is 0 Å². The van der Waals surface area contributed by atoms with Crippen molar-refractivity contribution >= 4 is 11.8 Å². The number of ether oxygens (including phenoxy) is 1. The minimum absolute atomic E-state index is 0.0668. The number of pyridine rings is 1. The number of amides is 2. The number of nitrogens with two attached hydrogens (primary N) is 1. The van der Waals surface area contributed by atoms with Gasteiger partial charge in [0.05, 0.1) is 17.7 Å². The second kappa shape index (κ2) is 6.93. The first-order valence-corrected chi connectivity index (χ1v) is 8.10. The van der Waals surface area contributed by atoms with E-state index in [-0.39, 0.29) is 30.0 Å². The predicted molar refractivity (Wildman–Crippen MR) is 88.1 cm³/mol. The summed E-state index contributed by atoms with van der Waals surface area (Å²) in [5.74, 6) is -0.839. The Morgan fingerprint density at radius 2 is 2.07 bits per heavy atom. The maximum atomic E-state index is 12.6. The molecule has 10 heteroatoms. The second-order valence-corrected chi connectivity index (χ2v) is 6.25. The first-order chi connectivity index (χ1) is 12.6. The summed E-state index contributed by atoms with van der Waals surface area (Å²) >= 11 is 0. The van der Waals surface area contributed by atoms with Gasteiger partial charge in [-0.15, -0.1) is 0 Å². The maximum absolute atomic E-state index is 12.6. The van der Waals surface area contributed by atoms with Gasteiger partial charge in [-0.3, -0.25) is 9.59 Å². The lowest BCUT2D eigenvalue weighted by molar-refractivity contribution is -0.137. The largest absolute Gasteiger partial charge is 0.472 e. The molecule has 0 bridgehead atoms. The number of aryl methyl sites for hydroxylation is 1. The maximum Gasteiger partial charge on any atom is 0.417 e. The fraction of sp³-hybridized carbons (Fsp3) is 0.353. The molecular formula is C17H17F3N4O3. The molecule has 3 heterocycles. The van der Waals surface area contributed by atoms with Gasteiger partial charge in [-0.2, -0.15) is 13.2 Å². The Balaban J connectivity index is 1.63. The summed E-state index contributed by atoms with van der Waals surface area (Å²) in [5.41, 5.74) is 4.92. The highest BCUT2D eigenvalue weighted by Gasteiger charge is 2.32. The number of hydrogen-bond acceptors (Lipinski definition) is 4. The zero-order chi connectivity index (χ0) is 19.8. The van der Waals surface area contributed by atoms with Crippen molar-refractivity contribution in [3.8, 4) is 5.88 Å². The van der Waals surface area contributed by atoms with Gasteiger partial charge in [-0.1, -0.05) is 0 Å². The first kappa shape index (κ1) is 18.7. The van der Waals surface area contributed by atoms with E-state index in [1.54, 1.807) is 11.9 Å². The molecule has 2 amide bonds. The highest BCUT2D eigenvalue weighted by molar-refractivity contribution is 5.98. The molecule has 3 rings (SSSR count). The van der Waals surface area contributed by atoms with Crippen LogP contribution in [-0.2, 0) is 13.2 Å². The van der Waals surface area contributed by atoms with E-state index in [1.807, 2.05) is 0 Å². The number of carbonyl (C=O) groups is 2. The summed E-state index contributed by atoms with van der Waals surface area (Å²) in [5, 5.41) is 0. The second-order valence-electron chi connectivity index (χ2n) is 6.25. The lowest BCUT2D eigenvalue weighted by Crippen LogP contribution is -2.32. The van der Waals surface area contributed by atoms with Crippen LogP contribution >= 0.6 is 0 Å². The number of alkyl halides is 3. The Morgan fingerprint density at radius 1 is 1.33 bits per heavy atom. The molecule has 1 atom stereocenters. The number of nitrogens with zero attached hydrogens (tertiary/aromatic N) is 3. The summed E-state index contributed by atoms with van der Waals surface area (Å²) in [6.45, 7) is 0.680. The van der Waals surface area contributed by atoms with Crippen molar-refractivity contribution in [3.63, 3.8) is 0 Å². The van der Waals surface area contributed by atoms with Crippen LogP contribution in [0.25, 0.3) is 0 Å². The Labute approximate surface area is 152 Å². The number of halogens is 3. The highest BCUT2D eigenvalue weighted by Crippen LogP contribution is 2.29. The van der Waals surface area contributed by atoms with E-state index in [4.69, 9.17) is 10.5 Å². The summed E-state index contributed by atoms with van der Waals surface area (Å²) in [7, 11) is 1.63. The van der Waals surface area contributed by atoms with Gasteiger partial charge in [0, 0.05) is 38.5 Å². The zero-order valence-corrected chi connectivity index (χ0v) is 14.4. The van der Waals surface area contributed by atoms with E-state index in [0.717, 1.165) is 12.1 Å². The number of hydrogen-bond donors (Lipinski definition) is 1. The van der Waals surface area contributed by atoms with Crippen LogP contribution in [0.15, 0.2) is 30.6 Å². The van der Waals surface area contributed by atoms with Crippen LogP contribution in [-0.4, -0.2) is 45.5 Å². The van der Waals surface area contributed by atoms with Crippen molar-refractivity contribution < 1.29 is 27.5 Å². The fourth-order valence-electron chi connectivity index (χ4n) is 2.87. The monoisotopic (exact) mass is 382 g/mol. The van der Waals surface area contributed by atoms with E-state index in [9.17, 15) is 22.8 Å². The quantitative estimate of drug-likeness (QED) is 0.874. The Kier molecular flexibility index (Phi) is 4.81. The SMILES string of the molecule is Cn1cc(C(N)=O)cc1C(=O)N1CCC(Oc2ccc(C(F)(F)F)cn2)C1. The molecule has 7 nitrogen and oxygen atoms in total. The van der Waals surface area contributed by atoms with Gasteiger partial charge in [0.1, 0.15) is 11.8 Å². The molecule has 2 N–H and O–H groups in total. The molecule has 0 aliphatic carbocycles. The van der Waals surface area contributed by atoms with Gasteiger partial charge in [0.25, 0.3) is 5.91 Å². The average molecular weight is 382 g/mol. The number of aromatic nitrogens is 2. The van der Waals surface area contributed by atoms with E-state index >= 15 is 0 Å². The Bertz CT molecular complexity index is 861. The molecule has 0 aromatic carbocycles. The molecule has 0 radical (unpaired) electrons. The molecule has 1 saturated heterocycles. The van der Waals surface area contributed by atoms with Crippen LogP contribution < -0.4 is 10.5 Å². The van der Waals surface area contributed by atoms with Crippen molar-refractivity contribution in [2.24, 2.45) is 12.8 Å². The zero-order valence-electron chi connectivity index (χ0n) is 14.4. The molecule has 1 unspecified atom stereocenters. The standard InChI is InChI=1S/C17H17F3N4O3/c1-23-8-10(15(21)25)6-13(23)16(26)24-5-4-12(9-24)27-14-3-2-11(7-22-14)17(18,19)20/h2-3,6-8,12H,4-5,9H2,1H3,(H2,21,25). The molecule has 144 valence electrons. The van der Waals surface area contributed by atoms with E-state index in [2.05, 4.69) is 4.98 Å². The van der Waals surface area contributed by atoms with Crippen LogP contribution in [0.1, 0.15) is 32.8 Å². The molecule has 1 fully saturated rings. The summed E-state index contributed by atoms with van der Waals surface area (Å²) < 4.78 is 44.8. The third-order valence-corrected chi connectivity index (χ3v) is 4.29. The van der Waals surface area contributed by atoms with Crippen molar-refractivity contribution in [1.29, 1.82) is 0 Å². The average Bonchev–Trinajstić information content (AvgIpc) is 3.21. The Morgan fingerprint density at radius 3 is 2.63 bits per heavy atom. The highest BCUT2D eigenvalue weighted by atomic mass is 19.4. The van der Waals surface area contributed by atoms with Gasteiger partial charge < -0.3 is 19.9 Å². The van der Waals surface area contributed by atoms with E-state index in [1.165, 1.54) is 16.8 Å². The van der Waals surface area contributed by atoms with Gasteiger partial charge in [-0.05, 0) is 12.1 Å². The first-order valence-electron chi connectivity index (χ1n) is 8.10. The third kappa shape index (κ3) is 4.04. The molecule has 0 saturated carbocycles. The lowest BCUT2D eigenvalue weighted by atomic mass is 10.3. The lowest BCUT2D eigenvalue weighted by Gasteiger charge is -2.17. The van der Waals surface area contributed by atoms with E-state index in [0.29, 0.717) is 24.9 Å². The molecule has 0 spiro atoms. The van der Waals surface area contributed by atoms with Crippen LogP contribution in [0.4, 0.5) is 13.2 Å². The molecule has 27 heavy (non-hydrogen) atoms. The molecule has 1 aliphatic heterocycles. The smallest absolute Gasteiger partial charge is 0.417 e. The van der Waals surface area contributed by atoms with Gasteiger partial charge in [-0.25, -0.2) is 4.98 Å². The van der Waals surface area contributed by atoms with Crippen LogP contribution in [0.2, 0.25) is 0 Å². The van der Waals surface area contributed by atoms with Crippen molar-refractivity contribution in [3.05, 3.63) is 47.4 Å². The third-order valence-electron chi connectivity index (χ3n) is 4.29. The molecule has 1 aliphatic rings. The van der Waals surface area contributed by atoms with Crippen LogP contribution in [0, 0.1) is 0 Å². The molecule has 2 aromatic heterocycles. The van der Waals surface area contributed by atoms with Crippen molar-refractivity contribution in [1.82, 2.24) is 14.5 Å². The number of rotatable bonds is 4. The Hall–Kier alpha value is -3.04. The van der Waals surface area contributed by atoms with Crippen molar-refractivity contribution in [2.45, 2.75) is 18.7 Å². The normalized spacial score (nSPS) is 17.2.